The number of nitrogens with one attached hydrogen (secondary N) is 1. The molecule has 2 aromatic carbocycles. The number of aryl methyl sites for hydroxylation is 1. The summed E-state index contributed by atoms with van der Waals surface area (Å²) in [4.78, 5) is 38.4. The number of amides is 3. The molecule has 0 radical (unpaired) electrons. The first-order valence-electron chi connectivity index (χ1n) is 12.6. The van der Waals surface area contributed by atoms with Crippen LogP contribution in [0.15, 0.2) is 60.7 Å². The highest BCUT2D eigenvalue weighted by molar-refractivity contribution is 7.60. The van der Waals surface area contributed by atoms with Crippen LogP contribution in [0.5, 0.6) is 0 Å². The summed E-state index contributed by atoms with van der Waals surface area (Å²) in [6, 6.07) is 18.1. The average molecular weight is 532 g/mol. The zero-order valence-corrected chi connectivity index (χ0v) is 22.3. The largest absolute Gasteiger partial charge is 0.521 e. The van der Waals surface area contributed by atoms with E-state index >= 15 is 0 Å². The average Bonchev–Trinajstić information content (AvgIpc) is 3.29. The highest BCUT2D eigenvalue weighted by Crippen LogP contribution is 2.54. The van der Waals surface area contributed by atoms with E-state index in [1.165, 1.54) is 0 Å². The second-order valence-electron chi connectivity index (χ2n) is 9.31. The normalized spacial score (nSPS) is 21.5. The zero-order chi connectivity index (χ0) is 26.9. The van der Waals surface area contributed by atoms with Crippen LogP contribution in [0.2, 0.25) is 0 Å². The molecule has 1 saturated heterocycles. The highest BCUT2D eigenvalue weighted by atomic mass is 31.2. The van der Waals surface area contributed by atoms with Gasteiger partial charge in [-0.05, 0) is 37.8 Å². The summed E-state index contributed by atoms with van der Waals surface area (Å²) in [6.45, 7) is 3.57. The Morgan fingerprint density at radius 1 is 1.08 bits per heavy atom. The smallest absolute Gasteiger partial charge is 0.450 e. The van der Waals surface area contributed by atoms with Crippen molar-refractivity contribution in [3.8, 4) is 0 Å². The monoisotopic (exact) mass is 531 g/mol. The molecule has 0 aliphatic carbocycles. The Morgan fingerprint density at radius 2 is 1.70 bits per heavy atom. The fourth-order valence-electron chi connectivity index (χ4n) is 4.78. The summed E-state index contributed by atoms with van der Waals surface area (Å²) in [6.07, 6.45) is -0.816. The topological polar surface area (TPSA) is 119 Å². The predicted molar refractivity (Wildman–Crippen MR) is 139 cm³/mol. The van der Waals surface area contributed by atoms with Crippen molar-refractivity contribution in [1.29, 1.82) is 0 Å². The van der Waals surface area contributed by atoms with E-state index in [1.54, 1.807) is 26.0 Å². The standard InChI is InChI=1S/C27H35N2O7P/c1-3-35-26(31)28-24(17-16-22-12-6-4-7-13-22)37(34,36-19-23-14-8-5-9-15-23)20-25(30)29(27(32)33)18-10-11-21(29)2/h4-9,12-15,21,24H,3,10-11,16-20H2,1-2H3,(H-,28,31,32,33)/p+1/t21-,24?,29?,37?/m1/s1. The van der Waals surface area contributed by atoms with E-state index in [-0.39, 0.29) is 26.2 Å². The van der Waals surface area contributed by atoms with Crippen LogP contribution in [-0.2, 0) is 31.6 Å². The molecule has 0 spiro atoms. The van der Waals surface area contributed by atoms with Crippen LogP contribution >= 0.6 is 7.37 Å². The minimum atomic E-state index is -3.97. The van der Waals surface area contributed by atoms with Gasteiger partial charge in [0, 0.05) is 12.8 Å². The van der Waals surface area contributed by atoms with Crippen LogP contribution in [0.1, 0.15) is 44.2 Å². The first-order valence-corrected chi connectivity index (χ1v) is 14.5. The number of rotatable bonds is 11. The molecule has 0 aromatic heterocycles. The highest BCUT2D eigenvalue weighted by Gasteiger charge is 2.55. The number of quaternary nitrogens is 1. The van der Waals surface area contributed by atoms with Gasteiger partial charge in [-0.2, -0.15) is 9.28 Å². The number of ether oxygens (including phenoxy) is 1. The van der Waals surface area contributed by atoms with Crippen LogP contribution in [0, 0.1) is 0 Å². The van der Waals surface area contributed by atoms with Crippen LogP contribution < -0.4 is 5.32 Å². The lowest BCUT2D eigenvalue weighted by Crippen LogP contribution is -2.59. The number of imide groups is 1. The molecule has 3 amide bonds. The van der Waals surface area contributed by atoms with Gasteiger partial charge in [-0.15, -0.1) is 0 Å². The van der Waals surface area contributed by atoms with Crippen molar-refractivity contribution in [2.24, 2.45) is 0 Å². The number of hydrogen-bond acceptors (Lipinski definition) is 6. The molecule has 37 heavy (non-hydrogen) atoms. The number of carboxylic acid groups (broad SMARTS) is 1. The molecule has 0 bridgehead atoms. The van der Waals surface area contributed by atoms with E-state index in [1.807, 2.05) is 48.5 Å². The molecule has 2 N–H and O–H groups in total. The van der Waals surface area contributed by atoms with Gasteiger partial charge in [0.05, 0.1) is 19.8 Å². The van der Waals surface area contributed by atoms with Gasteiger partial charge in [0.15, 0.2) is 0 Å². The second kappa shape index (κ2) is 13.0. The first-order chi connectivity index (χ1) is 17.7. The van der Waals surface area contributed by atoms with Crippen molar-refractivity contribution in [2.75, 3.05) is 19.3 Å². The first kappa shape index (κ1) is 28.6. The number of alkyl carbamates (subject to hydrolysis) is 1. The van der Waals surface area contributed by atoms with Gasteiger partial charge < -0.3 is 19.7 Å². The Bertz CT molecular complexity index is 1110. The molecule has 0 saturated carbocycles. The van der Waals surface area contributed by atoms with Gasteiger partial charge in [-0.1, -0.05) is 60.7 Å². The van der Waals surface area contributed by atoms with Gasteiger partial charge in [0.2, 0.25) is 7.37 Å². The van der Waals surface area contributed by atoms with E-state index in [2.05, 4.69) is 5.32 Å². The van der Waals surface area contributed by atoms with E-state index in [4.69, 9.17) is 9.26 Å². The third-order valence-corrected chi connectivity index (χ3v) is 9.52. The lowest BCUT2D eigenvalue weighted by atomic mass is 10.1. The van der Waals surface area contributed by atoms with Gasteiger partial charge in [0.1, 0.15) is 18.0 Å². The van der Waals surface area contributed by atoms with Crippen molar-refractivity contribution >= 4 is 25.5 Å². The number of likely N-dealkylation sites (tertiary alicyclic amines) is 1. The summed E-state index contributed by atoms with van der Waals surface area (Å²) in [7, 11) is -3.97. The Labute approximate surface area is 217 Å². The summed E-state index contributed by atoms with van der Waals surface area (Å²) in [5, 5.41) is 12.7. The van der Waals surface area contributed by atoms with Crippen LogP contribution in [0.3, 0.4) is 0 Å². The van der Waals surface area contributed by atoms with Crippen molar-refractivity contribution in [1.82, 2.24) is 5.32 Å². The quantitative estimate of drug-likeness (QED) is 0.295. The summed E-state index contributed by atoms with van der Waals surface area (Å²) < 4.78 is 24.8. The molecule has 3 unspecified atom stereocenters. The SMILES string of the molecule is CCOC(=O)NC(CCc1ccccc1)P(=O)(CC(=O)[N+]1(C(=O)O)CCC[C@H]1C)OCc1ccccc1. The number of carbonyl (C=O) groups excluding carboxylic acids is 2. The fourth-order valence-corrected chi connectivity index (χ4v) is 7.09. The minimum absolute atomic E-state index is 0.0552. The van der Waals surface area contributed by atoms with Crippen LogP contribution in [-0.4, -0.2) is 58.8 Å². The van der Waals surface area contributed by atoms with Crippen LogP contribution in [0.25, 0.3) is 0 Å². The molecular weight excluding hydrogens is 495 g/mol. The van der Waals surface area contributed by atoms with E-state index in [9.17, 15) is 24.1 Å². The molecule has 1 aliphatic heterocycles. The lowest BCUT2D eigenvalue weighted by molar-refractivity contribution is -0.791. The molecule has 9 nitrogen and oxygen atoms in total. The number of nitrogens with zero attached hydrogens (tertiary/aromatic N) is 1. The summed E-state index contributed by atoms with van der Waals surface area (Å²) in [5.74, 6) is -1.73. The Balaban J connectivity index is 1.94. The maximum Gasteiger partial charge on any atom is 0.521 e. The third-order valence-electron chi connectivity index (χ3n) is 6.90. The molecule has 200 valence electrons. The molecule has 1 fully saturated rings. The number of hydrogen-bond donors (Lipinski definition) is 2. The molecule has 1 heterocycles. The van der Waals surface area contributed by atoms with E-state index < -0.39 is 47.9 Å². The van der Waals surface area contributed by atoms with Crippen molar-refractivity contribution in [2.45, 2.75) is 58.0 Å². The summed E-state index contributed by atoms with van der Waals surface area (Å²) in [5.41, 5.74) is 1.70. The minimum Gasteiger partial charge on any atom is -0.450 e. The Morgan fingerprint density at radius 3 is 2.24 bits per heavy atom. The summed E-state index contributed by atoms with van der Waals surface area (Å²) >= 11 is 0. The molecule has 3 rings (SSSR count). The van der Waals surface area contributed by atoms with Crippen molar-refractivity contribution in [3.05, 3.63) is 71.8 Å². The maximum atomic E-state index is 14.6. The van der Waals surface area contributed by atoms with E-state index in [0.29, 0.717) is 19.3 Å². The predicted octanol–water partition coefficient (Wildman–Crippen LogP) is 5.39. The lowest BCUT2D eigenvalue weighted by Gasteiger charge is -2.33. The Hall–Kier alpha value is -3.00. The van der Waals surface area contributed by atoms with Gasteiger partial charge in [-0.3, -0.25) is 4.57 Å². The third kappa shape index (κ3) is 7.06. The van der Waals surface area contributed by atoms with Gasteiger partial charge in [-0.25, -0.2) is 9.59 Å². The van der Waals surface area contributed by atoms with Crippen molar-refractivity contribution < 1.29 is 37.8 Å². The van der Waals surface area contributed by atoms with E-state index in [0.717, 1.165) is 11.1 Å². The number of benzene rings is 2. The van der Waals surface area contributed by atoms with Gasteiger partial charge >= 0.3 is 18.1 Å². The second-order valence-corrected chi connectivity index (χ2v) is 12.0. The van der Waals surface area contributed by atoms with Crippen LogP contribution in [0.4, 0.5) is 9.59 Å². The molecule has 2 aromatic rings. The molecule has 1 aliphatic rings. The maximum absolute atomic E-state index is 14.6. The number of carbonyl (C=O) groups is 3. The molecule has 10 heteroatoms. The van der Waals surface area contributed by atoms with Crippen molar-refractivity contribution in [3.63, 3.8) is 0 Å². The zero-order valence-electron chi connectivity index (χ0n) is 21.4. The van der Waals surface area contributed by atoms with Gasteiger partial charge in [0.25, 0.3) is 0 Å². The fraction of sp³-hybridized carbons (Fsp3) is 0.444. The molecular formula is C27H36N2O7P+. The molecule has 4 atom stereocenters. The Kier molecular flexibility index (Phi) is 10.0.